The predicted molar refractivity (Wildman–Crippen MR) is 95.3 cm³/mol. The van der Waals surface area contributed by atoms with Gasteiger partial charge in [0.25, 0.3) is 5.91 Å². The third-order valence-corrected chi connectivity index (χ3v) is 4.30. The summed E-state index contributed by atoms with van der Waals surface area (Å²) in [5.41, 5.74) is 1.04. The van der Waals surface area contributed by atoms with Crippen molar-refractivity contribution in [1.29, 1.82) is 0 Å². The highest BCUT2D eigenvalue weighted by atomic mass is 35.5. The molecule has 3 rings (SSSR count). The van der Waals surface area contributed by atoms with E-state index in [2.05, 4.69) is 5.32 Å². The normalized spacial score (nSPS) is 16.8. The molecule has 1 aliphatic heterocycles. The Morgan fingerprint density at radius 1 is 1.21 bits per heavy atom. The maximum atomic E-state index is 12.2. The topological polar surface area (TPSA) is 47.6 Å². The van der Waals surface area contributed by atoms with Crippen molar-refractivity contribution in [1.82, 2.24) is 0 Å². The summed E-state index contributed by atoms with van der Waals surface area (Å²) >= 11 is 11.9. The molecule has 0 aromatic heterocycles. The summed E-state index contributed by atoms with van der Waals surface area (Å²) in [6, 6.07) is 12.0. The van der Waals surface area contributed by atoms with Gasteiger partial charge in [0.05, 0.1) is 16.7 Å². The fourth-order valence-electron chi connectivity index (χ4n) is 2.47. The van der Waals surface area contributed by atoms with Crippen LogP contribution in [0.5, 0.6) is 5.75 Å². The van der Waals surface area contributed by atoms with Crippen LogP contribution in [0.15, 0.2) is 42.5 Å². The van der Waals surface area contributed by atoms with Crippen LogP contribution in [0, 0.1) is 0 Å². The zero-order chi connectivity index (χ0) is 16.9. The number of halogens is 2. The van der Waals surface area contributed by atoms with Crippen molar-refractivity contribution in [3.05, 3.63) is 58.1 Å². The van der Waals surface area contributed by atoms with Crippen molar-refractivity contribution in [2.45, 2.75) is 18.9 Å². The zero-order valence-electron chi connectivity index (χ0n) is 12.9. The summed E-state index contributed by atoms with van der Waals surface area (Å²) in [6.45, 7) is 1.36. The lowest BCUT2D eigenvalue weighted by Crippen LogP contribution is -2.16. The molecule has 1 N–H and O–H groups in total. The number of amides is 1. The summed E-state index contributed by atoms with van der Waals surface area (Å²) in [5.74, 6) is 0.456. The lowest BCUT2D eigenvalue weighted by atomic mass is 10.2. The standard InChI is InChI=1S/C18H17Cl2NO3/c19-12-3-8-16(17(20)10-12)18(22)21-13-4-6-14(7-5-13)24-11-15-2-1-9-23-15/h3-8,10,15H,1-2,9,11H2,(H,21,22). The van der Waals surface area contributed by atoms with Gasteiger partial charge in [0.15, 0.2) is 0 Å². The van der Waals surface area contributed by atoms with Crippen LogP contribution < -0.4 is 10.1 Å². The Bertz CT molecular complexity index is 713. The van der Waals surface area contributed by atoms with Gasteiger partial charge in [-0.2, -0.15) is 0 Å². The van der Waals surface area contributed by atoms with Gasteiger partial charge >= 0.3 is 0 Å². The number of anilines is 1. The van der Waals surface area contributed by atoms with Crippen LogP contribution in [0.1, 0.15) is 23.2 Å². The highest BCUT2D eigenvalue weighted by Gasteiger charge is 2.16. The Morgan fingerprint density at radius 2 is 2.00 bits per heavy atom. The molecule has 1 amide bonds. The van der Waals surface area contributed by atoms with Gasteiger partial charge in [-0.25, -0.2) is 0 Å². The number of rotatable bonds is 5. The van der Waals surface area contributed by atoms with Crippen LogP contribution >= 0.6 is 23.2 Å². The Labute approximate surface area is 150 Å². The molecule has 6 heteroatoms. The van der Waals surface area contributed by atoms with Crippen molar-refractivity contribution in [2.24, 2.45) is 0 Å². The molecule has 1 heterocycles. The number of carbonyl (C=O) groups is 1. The number of benzene rings is 2. The van der Waals surface area contributed by atoms with Crippen molar-refractivity contribution < 1.29 is 14.3 Å². The van der Waals surface area contributed by atoms with Gasteiger partial charge in [0.1, 0.15) is 12.4 Å². The molecule has 24 heavy (non-hydrogen) atoms. The summed E-state index contributed by atoms with van der Waals surface area (Å²) < 4.78 is 11.2. The summed E-state index contributed by atoms with van der Waals surface area (Å²) in [6.07, 6.45) is 2.30. The zero-order valence-corrected chi connectivity index (χ0v) is 14.4. The molecule has 1 fully saturated rings. The Kier molecular flexibility index (Phi) is 5.61. The third kappa shape index (κ3) is 4.41. The van der Waals surface area contributed by atoms with Crippen molar-refractivity contribution in [3.63, 3.8) is 0 Å². The van der Waals surface area contributed by atoms with Crippen LogP contribution in [0.25, 0.3) is 0 Å². The first-order chi connectivity index (χ1) is 11.6. The Balaban J connectivity index is 1.58. The van der Waals surface area contributed by atoms with Gasteiger partial charge in [0, 0.05) is 17.3 Å². The third-order valence-electron chi connectivity index (χ3n) is 3.75. The number of nitrogens with one attached hydrogen (secondary N) is 1. The van der Waals surface area contributed by atoms with Crippen LogP contribution in [-0.4, -0.2) is 25.2 Å². The van der Waals surface area contributed by atoms with Gasteiger partial charge < -0.3 is 14.8 Å². The number of ether oxygens (including phenoxy) is 2. The highest BCUT2D eigenvalue weighted by molar-refractivity contribution is 6.37. The highest BCUT2D eigenvalue weighted by Crippen LogP contribution is 2.23. The number of hydrogen-bond donors (Lipinski definition) is 1. The van der Waals surface area contributed by atoms with E-state index in [1.165, 1.54) is 0 Å². The fourth-order valence-corrected chi connectivity index (χ4v) is 2.97. The molecule has 0 spiro atoms. The summed E-state index contributed by atoms with van der Waals surface area (Å²) in [7, 11) is 0. The smallest absolute Gasteiger partial charge is 0.257 e. The molecule has 4 nitrogen and oxygen atoms in total. The molecule has 0 bridgehead atoms. The first-order valence-electron chi connectivity index (χ1n) is 7.73. The molecule has 1 saturated heterocycles. The Morgan fingerprint density at radius 3 is 2.67 bits per heavy atom. The SMILES string of the molecule is O=C(Nc1ccc(OCC2CCCO2)cc1)c1ccc(Cl)cc1Cl. The number of carbonyl (C=O) groups excluding carboxylic acids is 1. The molecule has 0 aliphatic carbocycles. The molecule has 1 atom stereocenters. The average molecular weight is 366 g/mol. The monoisotopic (exact) mass is 365 g/mol. The second-order valence-corrected chi connectivity index (χ2v) is 6.39. The molecule has 2 aromatic rings. The molecule has 0 radical (unpaired) electrons. The van der Waals surface area contributed by atoms with E-state index in [0.29, 0.717) is 27.9 Å². The first kappa shape index (κ1) is 17.1. The molecule has 1 aliphatic rings. The quantitative estimate of drug-likeness (QED) is 0.827. The van der Waals surface area contributed by atoms with Crippen LogP contribution in [0.3, 0.4) is 0 Å². The van der Waals surface area contributed by atoms with Gasteiger partial charge in [-0.3, -0.25) is 4.79 Å². The maximum Gasteiger partial charge on any atom is 0.257 e. The van der Waals surface area contributed by atoms with E-state index < -0.39 is 0 Å². The molecule has 0 saturated carbocycles. The van der Waals surface area contributed by atoms with E-state index in [9.17, 15) is 4.79 Å². The van der Waals surface area contributed by atoms with Gasteiger partial charge in [0.2, 0.25) is 0 Å². The maximum absolute atomic E-state index is 12.2. The van der Waals surface area contributed by atoms with Crippen LogP contribution in [-0.2, 0) is 4.74 Å². The van der Waals surface area contributed by atoms with Crippen LogP contribution in [0.4, 0.5) is 5.69 Å². The minimum absolute atomic E-state index is 0.177. The second-order valence-electron chi connectivity index (χ2n) is 5.55. The summed E-state index contributed by atoms with van der Waals surface area (Å²) in [5, 5.41) is 3.60. The van der Waals surface area contributed by atoms with Crippen molar-refractivity contribution in [3.8, 4) is 5.75 Å². The lowest BCUT2D eigenvalue weighted by molar-refractivity contribution is 0.0679. The van der Waals surface area contributed by atoms with E-state index in [1.54, 1.807) is 30.3 Å². The molecule has 2 aromatic carbocycles. The van der Waals surface area contributed by atoms with Gasteiger partial charge in [-0.05, 0) is 55.3 Å². The molecular weight excluding hydrogens is 349 g/mol. The van der Waals surface area contributed by atoms with Gasteiger partial charge in [-0.1, -0.05) is 23.2 Å². The van der Waals surface area contributed by atoms with Crippen molar-refractivity contribution in [2.75, 3.05) is 18.5 Å². The van der Waals surface area contributed by atoms with Crippen LogP contribution in [0.2, 0.25) is 10.0 Å². The first-order valence-corrected chi connectivity index (χ1v) is 8.48. The number of hydrogen-bond acceptors (Lipinski definition) is 3. The molecule has 126 valence electrons. The Hall–Kier alpha value is -1.75. The molecular formula is C18H17Cl2NO3. The second kappa shape index (κ2) is 7.88. The summed E-state index contributed by atoms with van der Waals surface area (Å²) in [4.78, 5) is 12.2. The molecule has 1 unspecified atom stereocenters. The van der Waals surface area contributed by atoms with E-state index in [-0.39, 0.29) is 12.0 Å². The van der Waals surface area contributed by atoms with E-state index in [1.807, 2.05) is 12.1 Å². The average Bonchev–Trinajstić information content (AvgIpc) is 3.07. The van der Waals surface area contributed by atoms with Crippen molar-refractivity contribution >= 4 is 34.8 Å². The van der Waals surface area contributed by atoms with Gasteiger partial charge in [-0.15, -0.1) is 0 Å². The fraction of sp³-hybridized carbons (Fsp3) is 0.278. The largest absolute Gasteiger partial charge is 0.491 e. The van der Waals surface area contributed by atoms with E-state index in [4.69, 9.17) is 32.7 Å². The predicted octanol–water partition coefficient (Wildman–Crippen LogP) is 4.80. The minimum atomic E-state index is -0.287. The van der Waals surface area contributed by atoms with E-state index >= 15 is 0 Å². The van der Waals surface area contributed by atoms with E-state index in [0.717, 1.165) is 25.2 Å². The minimum Gasteiger partial charge on any atom is -0.491 e. The lowest BCUT2D eigenvalue weighted by Gasteiger charge is -2.12.